The quantitative estimate of drug-likeness (QED) is 0.720. The van der Waals surface area contributed by atoms with E-state index in [1.807, 2.05) is 0 Å². The van der Waals surface area contributed by atoms with Crippen molar-refractivity contribution in [1.82, 2.24) is 14.6 Å². The van der Waals surface area contributed by atoms with Crippen LogP contribution in [0.3, 0.4) is 0 Å². The van der Waals surface area contributed by atoms with Gasteiger partial charge in [-0.15, -0.1) is 0 Å². The molecule has 1 aliphatic carbocycles. The number of aromatic nitrogens is 1. The summed E-state index contributed by atoms with van der Waals surface area (Å²) < 4.78 is 27.6. The van der Waals surface area contributed by atoms with Gasteiger partial charge in [-0.1, -0.05) is 0 Å². The van der Waals surface area contributed by atoms with E-state index in [-0.39, 0.29) is 22.5 Å². The Labute approximate surface area is 146 Å². The largest absolute Gasteiger partial charge is 0.481 e. The smallest absolute Gasteiger partial charge is 0.306 e. The molecular formula is C16H23N3O5S. The van der Waals surface area contributed by atoms with Gasteiger partial charge in [0, 0.05) is 25.3 Å². The first kappa shape index (κ1) is 17.9. The van der Waals surface area contributed by atoms with Gasteiger partial charge >= 0.3 is 5.97 Å². The maximum atomic E-state index is 12.5. The third kappa shape index (κ3) is 4.04. The Morgan fingerprint density at radius 1 is 1.16 bits per heavy atom. The van der Waals surface area contributed by atoms with Gasteiger partial charge in [0.2, 0.25) is 10.0 Å². The number of carbonyl (C=O) groups excluding carboxylic acids is 1. The van der Waals surface area contributed by atoms with Crippen molar-refractivity contribution in [2.45, 2.75) is 49.5 Å². The van der Waals surface area contributed by atoms with Gasteiger partial charge in [0.1, 0.15) is 10.6 Å². The Hall–Kier alpha value is -1.87. The van der Waals surface area contributed by atoms with Crippen molar-refractivity contribution in [2.75, 3.05) is 13.1 Å². The van der Waals surface area contributed by atoms with E-state index in [0.29, 0.717) is 38.8 Å². The Bertz CT molecular complexity index is 744. The van der Waals surface area contributed by atoms with Crippen molar-refractivity contribution in [1.29, 1.82) is 0 Å². The average molecular weight is 369 g/mol. The molecule has 1 aromatic rings. The second-order valence-corrected chi connectivity index (χ2v) is 8.47. The highest BCUT2D eigenvalue weighted by molar-refractivity contribution is 7.89. The van der Waals surface area contributed by atoms with Gasteiger partial charge in [-0.2, -0.15) is 0 Å². The van der Waals surface area contributed by atoms with Crippen LogP contribution in [-0.2, 0) is 14.8 Å². The Balaban J connectivity index is 1.63. The molecule has 1 saturated carbocycles. The summed E-state index contributed by atoms with van der Waals surface area (Å²) >= 11 is 0. The molecule has 1 aromatic heterocycles. The molecule has 1 amide bonds. The fourth-order valence-corrected chi connectivity index (χ4v) is 4.79. The first-order chi connectivity index (χ1) is 11.9. The number of nitrogens with one attached hydrogen (secondary N) is 2. The summed E-state index contributed by atoms with van der Waals surface area (Å²) in [6.07, 6.45) is 5.20. The molecule has 1 saturated heterocycles. The molecule has 8 nitrogen and oxygen atoms in total. The van der Waals surface area contributed by atoms with Crippen molar-refractivity contribution in [2.24, 2.45) is 5.92 Å². The normalized spacial score (nSPS) is 24.4. The molecule has 0 bridgehead atoms. The van der Waals surface area contributed by atoms with Crippen LogP contribution < -0.4 is 4.72 Å². The zero-order chi connectivity index (χ0) is 18.0. The van der Waals surface area contributed by atoms with Gasteiger partial charge < -0.3 is 15.0 Å². The number of amides is 1. The van der Waals surface area contributed by atoms with Crippen molar-refractivity contribution in [3.8, 4) is 0 Å². The molecule has 0 aromatic carbocycles. The fourth-order valence-electron chi connectivity index (χ4n) is 3.49. The first-order valence-electron chi connectivity index (χ1n) is 8.59. The number of nitrogens with zero attached hydrogens (tertiary/aromatic N) is 1. The van der Waals surface area contributed by atoms with Crippen LogP contribution in [0.2, 0.25) is 0 Å². The molecule has 0 radical (unpaired) electrons. The van der Waals surface area contributed by atoms with Crippen LogP contribution >= 0.6 is 0 Å². The van der Waals surface area contributed by atoms with E-state index in [4.69, 9.17) is 5.11 Å². The van der Waals surface area contributed by atoms with Gasteiger partial charge in [-0.05, 0) is 44.6 Å². The summed E-state index contributed by atoms with van der Waals surface area (Å²) in [4.78, 5) is 27.8. The summed E-state index contributed by atoms with van der Waals surface area (Å²) in [6.45, 7) is 1.40. The van der Waals surface area contributed by atoms with E-state index in [9.17, 15) is 18.0 Å². The van der Waals surface area contributed by atoms with Crippen LogP contribution in [-0.4, -0.2) is 54.4 Å². The van der Waals surface area contributed by atoms with Gasteiger partial charge in [0.15, 0.2) is 0 Å². The van der Waals surface area contributed by atoms with Crippen LogP contribution in [0.4, 0.5) is 0 Å². The van der Waals surface area contributed by atoms with E-state index in [1.165, 1.54) is 12.3 Å². The third-order valence-electron chi connectivity index (χ3n) is 4.99. The summed E-state index contributed by atoms with van der Waals surface area (Å²) in [6, 6.07) is 1.10. The van der Waals surface area contributed by atoms with Gasteiger partial charge in [-0.3, -0.25) is 9.59 Å². The zero-order valence-corrected chi connectivity index (χ0v) is 14.7. The molecule has 3 N–H and O–H groups in total. The second kappa shape index (κ2) is 7.17. The van der Waals surface area contributed by atoms with Crippen LogP contribution in [0, 0.1) is 5.92 Å². The van der Waals surface area contributed by atoms with Crippen LogP contribution in [0.25, 0.3) is 0 Å². The Morgan fingerprint density at radius 3 is 2.40 bits per heavy atom. The zero-order valence-electron chi connectivity index (χ0n) is 13.9. The third-order valence-corrected chi connectivity index (χ3v) is 6.49. The van der Waals surface area contributed by atoms with Crippen molar-refractivity contribution in [3.63, 3.8) is 0 Å². The van der Waals surface area contributed by atoms with E-state index in [0.717, 1.165) is 12.8 Å². The lowest BCUT2D eigenvalue weighted by Crippen LogP contribution is -2.38. The topological polar surface area (TPSA) is 120 Å². The summed E-state index contributed by atoms with van der Waals surface area (Å²) in [7, 11) is -3.73. The van der Waals surface area contributed by atoms with Gasteiger partial charge in [0.05, 0.1) is 5.92 Å². The number of sulfonamides is 1. The summed E-state index contributed by atoms with van der Waals surface area (Å²) in [5, 5.41) is 9.00. The van der Waals surface area contributed by atoms with E-state index >= 15 is 0 Å². The number of aromatic amines is 1. The minimum absolute atomic E-state index is 0.0374. The van der Waals surface area contributed by atoms with Crippen LogP contribution in [0.5, 0.6) is 0 Å². The predicted molar refractivity (Wildman–Crippen MR) is 89.6 cm³/mol. The minimum Gasteiger partial charge on any atom is -0.481 e. The highest BCUT2D eigenvalue weighted by Gasteiger charge is 2.30. The molecular weight excluding hydrogens is 346 g/mol. The number of carboxylic acid groups (broad SMARTS) is 1. The molecule has 25 heavy (non-hydrogen) atoms. The molecule has 3 rings (SSSR count). The average Bonchev–Trinajstić information content (AvgIpc) is 3.26. The second-order valence-electron chi connectivity index (χ2n) is 6.76. The molecule has 1 aliphatic heterocycles. The molecule has 9 heteroatoms. The lowest BCUT2D eigenvalue weighted by atomic mass is 9.87. The van der Waals surface area contributed by atoms with Gasteiger partial charge in [0.25, 0.3) is 5.91 Å². The van der Waals surface area contributed by atoms with Crippen LogP contribution in [0.15, 0.2) is 17.2 Å². The number of carbonyl (C=O) groups is 2. The van der Waals surface area contributed by atoms with E-state index in [1.54, 1.807) is 4.90 Å². The number of rotatable bonds is 5. The summed E-state index contributed by atoms with van der Waals surface area (Å²) in [5.41, 5.74) is 0.275. The molecule has 0 unspecified atom stereocenters. The molecule has 0 spiro atoms. The Kier molecular flexibility index (Phi) is 5.14. The summed E-state index contributed by atoms with van der Waals surface area (Å²) in [5.74, 6) is -1.39. The first-order valence-corrected chi connectivity index (χ1v) is 10.1. The molecule has 2 aliphatic rings. The van der Waals surface area contributed by atoms with Gasteiger partial charge in [-0.25, -0.2) is 13.1 Å². The predicted octanol–water partition coefficient (Wildman–Crippen LogP) is 1.17. The van der Waals surface area contributed by atoms with E-state index in [2.05, 4.69) is 9.71 Å². The standard InChI is InChI=1S/C16H23N3O5S/c20-15(19-7-1-2-8-19)14-9-13(10-17-14)25(23,24)18-12-5-3-11(4-6-12)16(21)22/h9-12,17-18H,1-8H2,(H,21,22). The van der Waals surface area contributed by atoms with Crippen LogP contribution in [0.1, 0.15) is 49.0 Å². The monoisotopic (exact) mass is 369 g/mol. The number of hydrogen-bond donors (Lipinski definition) is 3. The number of aliphatic carboxylic acids is 1. The van der Waals surface area contributed by atoms with Crippen molar-refractivity contribution >= 4 is 21.9 Å². The fraction of sp³-hybridized carbons (Fsp3) is 0.625. The van der Waals surface area contributed by atoms with Crippen molar-refractivity contribution < 1.29 is 23.1 Å². The highest BCUT2D eigenvalue weighted by Crippen LogP contribution is 2.26. The van der Waals surface area contributed by atoms with E-state index < -0.39 is 21.9 Å². The molecule has 2 fully saturated rings. The molecule has 2 heterocycles. The SMILES string of the molecule is O=C(O)C1CCC(NS(=O)(=O)c2c[nH]c(C(=O)N3CCCC3)c2)CC1. The lowest BCUT2D eigenvalue weighted by molar-refractivity contribution is -0.142. The molecule has 138 valence electrons. The number of H-pyrrole nitrogens is 1. The maximum absolute atomic E-state index is 12.5. The minimum atomic E-state index is -3.73. The maximum Gasteiger partial charge on any atom is 0.306 e. The number of hydrogen-bond acceptors (Lipinski definition) is 4. The lowest BCUT2D eigenvalue weighted by Gasteiger charge is -2.26. The highest BCUT2D eigenvalue weighted by atomic mass is 32.2. The number of carboxylic acids is 1. The van der Waals surface area contributed by atoms with Crippen molar-refractivity contribution in [3.05, 3.63) is 18.0 Å². The molecule has 0 atom stereocenters. The number of likely N-dealkylation sites (tertiary alicyclic amines) is 1. The Morgan fingerprint density at radius 2 is 1.80 bits per heavy atom.